The van der Waals surface area contributed by atoms with E-state index in [1.54, 1.807) is 19.2 Å². The van der Waals surface area contributed by atoms with E-state index in [4.69, 9.17) is 11.6 Å². The topological polar surface area (TPSA) is 49.4 Å². The van der Waals surface area contributed by atoms with Gasteiger partial charge in [0.05, 0.1) is 6.54 Å². The Bertz CT molecular complexity index is 409. The molecule has 0 spiro atoms. The Balaban J connectivity index is 2.61. The second kappa shape index (κ2) is 7.01. The van der Waals surface area contributed by atoms with Gasteiger partial charge in [0.25, 0.3) is 0 Å². The maximum absolute atomic E-state index is 12.0. The number of benzene rings is 1. The van der Waals surface area contributed by atoms with Crippen molar-refractivity contribution in [2.45, 2.75) is 12.3 Å². The Kier molecular flexibility index (Phi) is 5.65. The summed E-state index contributed by atoms with van der Waals surface area (Å²) in [4.78, 5) is 24.7. The molecule has 1 aromatic carbocycles. The van der Waals surface area contributed by atoms with Crippen molar-refractivity contribution in [3.63, 3.8) is 0 Å². The summed E-state index contributed by atoms with van der Waals surface area (Å²) in [6, 6.07) is 9.07. The second-order valence-electron chi connectivity index (χ2n) is 3.92. The molecule has 1 N–H and O–H groups in total. The van der Waals surface area contributed by atoms with Gasteiger partial charge in [-0.25, -0.2) is 0 Å². The lowest BCUT2D eigenvalue weighted by atomic mass is 10.1. The van der Waals surface area contributed by atoms with E-state index in [-0.39, 0.29) is 18.4 Å². The lowest BCUT2D eigenvalue weighted by Gasteiger charge is -2.19. The summed E-state index contributed by atoms with van der Waals surface area (Å²) in [5, 5.41) is 1.88. The van der Waals surface area contributed by atoms with Crippen molar-refractivity contribution >= 4 is 23.4 Å². The number of rotatable bonds is 5. The van der Waals surface area contributed by atoms with Gasteiger partial charge in [0.1, 0.15) is 5.38 Å². The van der Waals surface area contributed by atoms with Crippen LogP contribution in [0.5, 0.6) is 0 Å². The minimum absolute atomic E-state index is 0.0166. The third kappa shape index (κ3) is 4.04. The predicted molar refractivity (Wildman–Crippen MR) is 71.4 cm³/mol. The highest BCUT2D eigenvalue weighted by molar-refractivity contribution is 6.30. The summed E-state index contributed by atoms with van der Waals surface area (Å²) in [5.74, 6) is -0.473. The van der Waals surface area contributed by atoms with Gasteiger partial charge in [-0.15, -0.1) is 11.6 Å². The first-order chi connectivity index (χ1) is 8.56. The second-order valence-corrected chi connectivity index (χ2v) is 4.36. The summed E-state index contributed by atoms with van der Waals surface area (Å²) in [7, 11) is 1.57. The molecule has 0 aliphatic rings. The molecule has 0 radical (unpaired) electrons. The predicted octanol–water partition coefficient (Wildman–Crippen LogP) is 1.56. The minimum atomic E-state index is -0.759. The third-order valence-corrected chi connectivity index (χ3v) is 2.88. The molecule has 0 aliphatic carbocycles. The van der Waals surface area contributed by atoms with E-state index in [1.807, 2.05) is 25.1 Å². The highest BCUT2D eigenvalue weighted by atomic mass is 35.5. The summed E-state index contributed by atoms with van der Waals surface area (Å²) in [5.41, 5.74) is 0.729. The molecule has 0 saturated heterocycles. The molecule has 0 aliphatic heterocycles. The first kappa shape index (κ1) is 14.5. The van der Waals surface area contributed by atoms with Crippen LogP contribution in [0.1, 0.15) is 17.9 Å². The van der Waals surface area contributed by atoms with Crippen molar-refractivity contribution in [2.24, 2.45) is 0 Å². The van der Waals surface area contributed by atoms with Crippen LogP contribution >= 0.6 is 11.6 Å². The number of nitrogens with zero attached hydrogens (tertiary/aromatic N) is 1. The van der Waals surface area contributed by atoms with Crippen LogP contribution in [0.25, 0.3) is 0 Å². The smallest absolute Gasteiger partial charge is 0.245 e. The normalized spacial score (nSPS) is 11.7. The molecule has 98 valence electrons. The summed E-state index contributed by atoms with van der Waals surface area (Å²) in [6.45, 7) is 2.39. The first-order valence-corrected chi connectivity index (χ1v) is 6.20. The Morgan fingerprint density at radius 2 is 1.94 bits per heavy atom. The fourth-order valence-electron chi connectivity index (χ4n) is 1.50. The van der Waals surface area contributed by atoms with Crippen LogP contribution in [-0.2, 0) is 9.59 Å². The lowest BCUT2D eigenvalue weighted by Crippen LogP contribution is -2.39. The zero-order valence-electron chi connectivity index (χ0n) is 10.5. The summed E-state index contributed by atoms with van der Waals surface area (Å²) in [6.07, 6.45) is 0. The van der Waals surface area contributed by atoms with Gasteiger partial charge in [-0.3, -0.25) is 9.59 Å². The van der Waals surface area contributed by atoms with Crippen molar-refractivity contribution in [1.82, 2.24) is 10.2 Å². The summed E-state index contributed by atoms with van der Waals surface area (Å²) < 4.78 is 0. The minimum Gasteiger partial charge on any atom is -0.355 e. The van der Waals surface area contributed by atoms with Gasteiger partial charge in [-0.2, -0.15) is 0 Å². The van der Waals surface area contributed by atoms with Crippen LogP contribution in [0.3, 0.4) is 0 Å². The van der Waals surface area contributed by atoms with Crippen molar-refractivity contribution < 1.29 is 9.59 Å². The summed E-state index contributed by atoms with van der Waals surface area (Å²) >= 11 is 6.09. The quantitative estimate of drug-likeness (QED) is 0.824. The molecule has 0 fully saturated rings. The molecule has 18 heavy (non-hydrogen) atoms. The van der Waals surface area contributed by atoms with Crippen molar-refractivity contribution in [3.05, 3.63) is 35.9 Å². The number of carbonyl (C=O) groups is 2. The van der Waals surface area contributed by atoms with E-state index in [2.05, 4.69) is 5.32 Å². The van der Waals surface area contributed by atoms with E-state index in [9.17, 15) is 9.59 Å². The molecule has 2 amide bonds. The van der Waals surface area contributed by atoms with Crippen LogP contribution in [0, 0.1) is 0 Å². The highest BCUT2D eigenvalue weighted by Crippen LogP contribution is 2.21. The number of halogens is 1. The number of hydrogen-bond acceptors (Lipinski definition) is 2. The van der Waals surface area contributed by atoms with Gasteiger partial charge >= 0.3 is 0 Å². The van der Waals surface area contributed by atoms with E-state index in [0.29, 0.717) is 6.54 Å². The number of alkyl halides is 1. The number of carbonyl (C=O) groups excluding carboxylic acids is 2. The Morgan fingerprint density at radius 3 is 2.50 bits per heavy atom. The van der Waals surface area contributed by atoms with Gasteiger partial charge in [-0.05, 0) is 12.5 Å². The fraction of sp³-hybridized carbons (Fsp3) is 0.385. The third-order valence-electron chi connectivity index (χ3n) is 2.44. The first-order valence-electron chi connectivity index (χ1n) is 5.77. The molecule has 0 saturated carbocycles. The molecule has 0 heterocycles. The number of nitrogens with one attached hydrogen (secondary N) is 1. The van der Waals surface area contributed by atoms with E-state index in [1.165, 1.54) is 4.90 Å². The van der Waals surface area contributed by atoms with Gasteiger partial charge in [0.15, 0.2) is 0 Å². The fourth-order valence-corrected chi connectivity index (χ4v) is 1.82. The molecule has 0 aromatic heterocycles. The monoisotopic (exact) mass is 268 g/mol. The van der Waals surface area contributed by atoms with Crippen LogP contribution in [0.4, 0.5) is 0 Å². The molecule has 1 rings (SSSR count). The van der Waals surface area contributed by atoms with Gasteiger partial charge < -0.3 is 10.2 Å². The maximum atomic E-state index is 12.0. The SMILES string of the molecule is CCNC(=O)CN(C)C(=O)C(Cl)c1ccccc1. The van der Waals surface area contributed by atoms with E-state index >= 15 is 0 Å². The van der Waals surface area contributed by atoms with Crippen molar-refractivity contribution in [3.8, 4) is 0 Å². The largest absolute Gasteiger partial charge is 0.355 e. The van der Waals surface area contributed by atoms with Gasteiger partial charge in [0, 0.05) is 13.6 Å². The zero-order valence-corrected chi connectivity index (χ0v) is 11.3. The average Bonchev–Trinajstić information content (AvgIpc) is 2.38. The average molecular weight is 269 g/mol. The number of amides is 2. The van der Waals surface area contributed by atoms with Gasteiger partial charge in [0.2, 0.25) is 11.8 Å². The molecule has 1 unspecified atom stereocenters. The van der Waals surface area contributed by atoms with Crippen LogP contribution < -0.4 is 5.32 Å². The molecule has 1 aromatic rings. The van der Waals surface area contributed by atoms with Crippen LogP contribution in [0.15, 0.2) is 30.3 Å². The molecule has 1 atom stereocenters. The molecule has 4 nitrogen and oxygen atoms in total. The maximum Gasteiger partial charge on any atom is 0.245 e. The van der Waals surface area contributed by atoms with Crippen LogP contribution in [-0.4, -0.2) is 36.9 Å². The molecular weight excluding hydrogens is 252 g/mol. The zero-order chi connectivity index (χ0) is 13.5. The van der Waals surface area contributed by atoms with Gasteiger partial charge in [-0.1, -0.05) is 30.3 Å². The van der Waals surface area contributed by atoms with Crippen molar-refractivity contribution in [1.29, 1.82) is 0 Å². The van der Waals surface area contributed by atoms with Crippen molar-refractivity contribution in [2.75, 3.05) is 20.1 Å². The highest BCUT2D eigenvalue weighted by Gasteiger charge is 2.22. The number of likely N-dealkylation sites (N-methyl/N-ethyl adjacent to an activating group) is 2. The molecule has 5 heteroatoms. The Hall–Kier alpha value is -1.55. The molecular formula is C13H17ClN2O2. The molecule has 0 bridgehead atoms. The van der Waals surface area contributed by atoms with Crippen LogP contribution in [0.2, 0.25) is 0 Å². The lowest BCUT2D eigenvalue weighted by molar-refractivity contribution is -0.134. The van der Waals surface area contributed by atoms with E-state index < -0.39 is 5.38 Å². The van der Waals surface area contributed by atoms with E-state index in [0.717, 1.165) is 5.56 Å². The number of hydrogen-bond donors (Lipinski definition) is 1. The Labute approximate surface area is 112 Å². The standard InChI is InChI=1S/C13H17ClN2O2/c1-3-15-11(17)9-16(2)13(18)12(14)10-7-5-4-6-8-10/h4-8,12H,3,9H2,1-2H3,(H,15,17). The Morgan fingerprint density at radius 1 is 1.33 bits per heavy atom.